The molecular weight excluding hydrogens is 390 g/mol. The van der Waals surface area contributed by atoms with Crippen LogP contribution in [-0.4, -0.2) is 28.0 Å². The molecule has 6 heteroatoms. The number of amides is 1. The molecule has 0 aliphatic carbocycles. The topological polar surface area (TPSA) is 68.5 Å². The first-order valence-corrected chi connectivity index (χ1v) is 10.0. The van der Waals surface area contributed by atoms with Crippen molar-refractivity contribution in [1.82, 2.24) is 15.0 Å². The highest BCUT2D eigenvalue weighted by Crippen LogP contribution is 2.18. The molecule has 0 unspecified atom stereocenters. The average molecular weight is 413 g/mol. The van der Waals surface area contributed by atoms with Crippen LogP contribution in [-0.2, 0) is 13.2 Å². The van der Waals surface area contributed by atoms with Gasteiger partial charge in [0, 0.05) is 18.2 Å². The van der Waals surface area contributed by atoms with E-state index in [2.05, 4.69) is 10.1 Å². The molecule has 0 saturated heterocycles. The highest BCUT2D eigenvalue weighted by atomic mass is 16.5. The molecule has 0 N–H and O–H groups in total. The number of aromatic nitrogens is 2. The van der Waals surface area contributed by atoms with Crippen molar-refractivity contribution < 1.29 is 14.1 Å². The van der Waals surface area contributed by atoms with Crippen molar-refractivity contribution in [3.63, 3.8) is 0 Å². The van der Waals surface area contributed by atoms with Crippen LogP contribution in [0.1, 0.15) is 27.4 Å². The van der Waals surface area contributed by atoms with Gasteiger partial charge in [0.2, 0.25) is 11.7 Å². The van der Waals surface area contributed by atoms with E-state index < -0.39 is 0 Å². The maximum atomic E-state index is 12.7. The minimum atomic E-state index is -0.135. The van der Waals surface area contributed by atoms with Gasteiger partial charge in [-0.3, -0.25) is 4.79 Å². The number of ether oxygens (including phenoxy) is 1. The van der Waals surface area contributed by atoms with E-state index in [9.17, 15) is 4.79 Å². The lowest BCUT2D eigenvalue weighted by Crippen LogP contribution is -2.26. The molecule has 0 bridgehead atoms. The van der Waals surface area contributed by atoms with Gasteiger partial charge >= 0.3 is 0 Å². The Labute approximate surface area is 181 Å². The molecule has 3 aromatic carbocycles. The van der Waals surface area contributed by atoms with Crippen LogP contribution < -0.4 is 4.74 Å². The van der Waals surface area contributed by atoms with Crippen molar-refractivity contribution >= 4 is 5.91 Å². The summed E-state index contributed by atoms with van der Waals surface area (Å²) in [6.07, 6.45) is 0. The summed E-state index contributed by atoms with van der Waals surface area (Å²) in [4.78, 5) is 18.7. The summed E-state index contributed by atoms with van der Waals surface area (Å²) in [7, 11) is 1.71. The number of rotatable bonds is 7. The Morgan fingerprint density at radius 3 is 2.39 bits per heavy atom. The summed E-state index contributed by atoms with van der Waals surface area (Å²) >= 11 is 0. The van der Waals surface area contributed by atoms with Gasteiger partial charge in [-0.2, -0.15) is 4.98 Å². The van der Waals surface area contributed by atoms with Crippen LogP contribution in [0.3, 0.4) is 0 Å². The summed E-state index contributed by atoms with van der Waals surface area (Å²) in [5, 5.41) is 4.02. The van der Waals surface area contributed by atoms with Crippen molar-refractivity contribution in [2.24, 2.45) is 0 Å². The zero-order valence-corrected chi connectivity index (χ0v) is 17.5. The lowest BCUT2D eigenvalue weighted by molar-refractivity contribution is 0.0769. The smallest absolute Gasteiger partial charge is 0.254 e. The van der Waals surface area contributed by atoms with Crippen molar-refractivity contribution in [3.05, 3.63) is 101 Å². The monoisotopic (exact) mass is 413 g/mol. The molecule has 156 valence electrons. The normalized spacial score (nSPS) is 10.6. The zero-order chi connectivity index (χ0) is 21.6. The first-order valence-electron chi connectivity index (χ1n) is 10.0. The maximum Gasteiger partial charge on any atom is 0.254 e. The molecule has 0 radical (unpaired) electrons. The van der Waals surface area contributed by atoms with E-state index in [0.29, 0.717) is 29.6 Å². The molecule has 1 aromatic heterocycles. The molecule has 0 aliphatic heterocycles. The quantitative estimate of drug-likeness (QED) is 0.431. The first-order chi connectivity index (χ1) is 15.1. The summed E-state index contributed by atoms with van der Waals surface area (Å²) in [5.74, 6) is 1.47. The van der Waals surface area contributed by atoms with E-state index in [1.165, 1.54) is 0 Å². The van der Waals surface area contributed by atoms with Gasteiger partial charge in [0.25, 0.3) is 5.91 Å². The SMILES string of the molecule is Cc1ccc(-c2noc(CN(C)C(=O)c3ccc(OCc4ccccc4)cc3)n2)cc1. The average Bonchev–Trinajstić information content (AvgIpc) is 3.27. The van der Waals surface area contributed by atoms with Gasteiger partial charge in [0.05, 0.1) is 6.54 Å². The Bertz CT molecular complexity index is 1140. The second-order valence-electron chi connectivity index (χ2n) is 7.34. The number of benzene rings is 3. The summed E-state index contributed by atoms with van der Waals surface area (Å²) in [5.41, 5.74) is 3.69. The van der Waals surface area contributed by atoms with E-state index in [4.69, 9.17) is 9.26 Å². The Morgan fingerprint density at radius 1 is 0.968 bits per heavy atom. The second-order valence-corrected chi connectivity index (χ2v) is 7.34. The second kappa shape index (κ2) is 9.26. The lowest BCUT2D eigenvalue weighted by Gasteiger charge is -2.15. The van der Waals surface area contributed by atoms with Gasteiger partial charge in [0.15, 0.2) is 0 Å². The maximum absolute atomic E-state index is 12.7. The molecule has 4 aromatic rings. The van der Waals surface area contributed by atoms with Crippen LogP contribution in [0.25, 0.3) is 11.4 Å². The highest BCUT2D eigenvalue weighted by Gasteiger charge is 2.16. The number of nitrogens with zero attached hydrogens (tertiary/aromatic N) is 3. The molecule has 0 fully saturated rings. The predicted molar refractivity (Wildman–Crippen MR) is 117 cm³/mol. The molecular formula is C25H23N3O3. The van der Waals surface area contributed by atoms with Crippen LogP contribution in [0.2, 0.25) is 0 Å². The predicted octanol–water partition coefficient (Wildman–Crippen LogP) is 4.90. The fraction of sp³-hybridized carbons (Fsp3) is 0.160. The van der Waals surface area contributed by atoms with Gasteiger partial charge in [-0.1, -0.05) is 65.3 Å². The third-order valence-corrected chi connectivity index (χ3v) is 4.85. The highest BCUT2D eigenvalue weighted by molar-refractivity contribution is 5.94. The minimum absolute atomic E-state index is 0.135. The Kier molecular flexibility index (Phi) is 6.08. The van der Waals surface area contributed by atoms with Gasteiger partial charge < -0.3 is 14.2 Å². The van der Waals surface area contributed by atoms with E-state index in [-0.39, 0.29) is 12.5 Å². The molecule has 1 amide bonds. The molecule has 4 rings (SSSR count). The van der Waals surface area contributed by atoms with Gasteiger partial charge in [-0.15, -0.1) is 0 Å². The zero-order valence-electron chi connectivity index (χ0n) is 17.5. The van der Waals surface area contributed by atoms with Crippen molar-refractivity contribution in [2.75, 3.05) is 7.05 Å². The number of hydrogen-bond donors (Lipinski definition) is 0. The Morgan fingerprint density at radius 2 is 1.68 bits per heavy atom. The van der Waals surface area contributed by atoms with Crippen LogP contribution in [0.15, 0.2) is 83.4 Å². The van der Waals surface area contributed by atoms with Gasteiger partial charge in [-0.25, -0.2) is 0 Å². The number of carbonyl (C=O) groups is 1. The Hall–Kier alpha value is -3.93. The molecule has 0 saturated carbocycles. The summed E-state index contributed by atoms with van der Waals surface area (Å²) in [6, 6.07) is 24.9. The number of hydrogen-bond acceptors (Lipinski definition) is 5. The number of carbonyl (C=O) groups excluding carboxylic acids is 1. The fourth-order valence-corrected chi connectivity index (χ4v) is 3.07. The molecule has 31 heavy (non-hydrogen) atoms. The van der Waals surface area contributed by atoms with Crippen LogP contribution in [0.5, 0.6) is 5.75 Å². The molecule has 6 nitrogen and oxygen atoms in total. The van der Waals surface area contributed by atoms with E-state index >= 15 is 0 Å². The van der Waals surface area contributed by atoms with E-state index in [1.54, 1.807) is 36.2 Å². The Balaban J connectivity index is 1.35. The lowest BCUT2D eigenvalue weighted by atomic mass is 10.1. The van der Waals surface area contributed by atoms with Crippen molar-refractivity contribution in [3.8, 4) is 17.1 Å². The third-order valence-electron chi connectivity index (χ3n) is 4.85. The first kappa shape index (κ1) is 20.3. The van der Waals surface area contributed by atoms with Crippen molar-refractivity contribution in [1.29, 1.82) is 0 Å². The molecule has 0 atom stereocenters. The van der Waals surface area contributed by atoms with Crippen LogP contribution >= 0.6 is 0 Å². The standard InChI is InChI=1S/C25H23N3O3/c1-18-8-10-20(11-9-18)24-26-23(31-27-24)16-28(2)25(29)21-12-14-22(15-13-21)30-17-19-6-4-3-5-7-19/h3-15H,16-17H2,1-2H3. The minimum Gasteiger partial charge on any atom is -0.489 e. The summed E-state index contributed by atoms with van der Waals surface area (Å²) < 4.78 is 11.1. The third kappa shape index (κ3) is 5.17. The van der Waals surface area contributed by atoms with E-state index in [1.807, 2.05) is 61.5 Å². The van der Waals surface area contributed by atoms with Crippen LogP contribution in [0.4, 0.5) is 0 Å². The molecule has 0 aliphatic rings. The fourth-order valence-electron chi connectivity index (χ4n) is 3.07. The number of aryl methyl sites for hydroxylation is 1. The van der Waals surface area contributed by atoms with Crippen molar-refractivity contribution in [2.45, 2.75) is 20.1 Å². The molecule has 0 spiro atoms. The van der Waals surface area contributed by atoms with Crippen LogP contribution in [0, 0.1) is 6.92 Å². The molecule has 1 heterocycles. The summed E-state index contributed by atoms with van der Waals surface area (Å²) in [6.45, 7) is 2.73. The van der Waals surface area contributed by atoms with E-state index in [0.717, 1.165) is 16.7 Å². The largest absolute Gasteiger partial charge is 0.489 e. The van der Waals surface area contributed by atoms with Gasteiger partial charge in [-0.05, 0) is 36.8 Å². The van der Waals surface area contributed by atoms with Gasteiger partial charge in [0.1, 0.15) is 12.4 Å².